The van der Waals surface area contributed by atoms with Crippen LogP contribution in [0.4, 0.5) is 4.79 Å². The lowest BCUT2D eigenvalue weighted by Gasteiger charge is -2.33. The Balaban J connectivity index is 1.92. The van der Waals surface area contributed by atoms with Crippen LogP contribution in [-0.4, -0.2) is 54.4 Å². The molecule has 0 unspecified atom stereocenters. The van der Waals surface area contributed by atoms with Crippen LogP contribution in [0, 0.1) is 11.3 Å². The molecule has 20 heavy (non-hydrogen) atoms. The number of morpholine rings is 1. The van der Waals surface area contributed by atoms with Crippen molar-refractivity contribution in [2.24, 2.45) is 0 Å². The molecule has 1 aliphatic heterocycles. The smallest absolute Gasteiger partial charge is 0.407 e. The van der Waals surface area contributed by atoms with Crippen LogP contribution in [0.15, 0.2) is 12.1 Å². The molecule has 7 nitrogen and oxygen atoms in total. The van der Waals surface area contributed by atoms with E-state index in [4.69, 9.17) is 15.1 Å². The predicted octanol–water partition coefficient (Wildman–Crippen LogP) is 0.728. The first-order valence-corrected chi connectivity index (χ1v) is 6.79. The molecule has 106 valence electrons. The van der Waals surface area contributed by atoms with Crippen molar-refractivity contribution in [2.75, 3.05) is 26.3 Å². The first-order valence-electron chi connectivity index (χ1n) is 5.97. The summed E-state index contributed by atoms with van der Waals surface area (Å²) >= 11 is 1.10. The van der Waals surface area contributed by atoms with Crippen LogP contribution in [-0.2, 0) is 4.74 Å². The second-order valence-corrected chi connectivity index (χ2v) is 5.27. The maximum atomic E-state index is 11.9. The van der Waals surface area contributed by atoms with Gasteiger partial charge in [0.15, 0.2) is 0 Å². The van der Waals surface area contributed by atoms with E-state index < -0.39 is 6.09 Å². The molecule has 1 saturated heterocycles. The summed E-state index contributed by atoms with van der Waals surface area (Å²) in [7, 11) is 0. The maximum Gasteiger partial charge on any atom is 0.407 e. The average molecular weight is 295 g/mol. The van der Waals surface area contributed by atoms with Crippen LogP contribution in [0.5, 0.6) is 0 Å². The summed E-state index contributed by atoms with van der Waals surface area (Å²) in [6.45, 7) is 1.12. The molecule has 0 radical (unpaired) electrons. The number of hydrogen-bond donors (Lipinski definition) is 2. The average Bonchev–Trinajstić information content (AvgIpc) is 2.94. The number of thiophene rings is 1. The van der Waals surface area contributed by atoms with Gasteiger partial charge in [0.1, 0.15) is 10.9 Å². The highest BCUT2D eigenvalue weighted by Gasteiger charge is 2.27. The van der Waals surface area contributed by atoms with Crippen LogP contribution < -0.4 is 5.32 Å². The molecule has 2 heterocycles. The van der Waals surface area contributed by atoms with E-state index in [1.54, 1.807) is 12.1 Å². The second-order valence-electron chi connectivity index (χ2n) is 4.19. The van der Waals surface area contributed by atoms with Crippen molar-refractivity contribution >= 4 is 23.3 Å². The van der Waals surface area contributed by atoms with Gasteiger partial charge in [0.2, 0.25) is 0 Å². The van der Waals surface area contributed by atoms with Gasteiger partial charge < -0.3 is 15.2 Å². The summed E-state index contributed by atoms with van der Waals surface area (Å²) in [6.07, 6.45) is -1.02. The molecule has 0 aliphatic carbocycles. The minimum absolute atomic E-state index is 0.185. The van der Waals surface area contributed by atoms with Crippen molar-refractivity contribution in [3.8, 4) is 6.07 Å². The number of carbonyl (C=O) groups excluding carboxylic acids is 1. The van der Waals surface area contributed by atoms with Crippen LogP contribution in [0.25, 0.3) is 0 Å². The molecule has 1 fully saturated rings. The minimum Gasteiger partial charge on any atom is -0.465 e. The van der Waals surface area contributed by atoms with Crippen LogP contribution >= 0.6 is 11.3 Å². The van der Waals surface area contributed by atoms with Crippen molar-refractivity contribution in [1.29, 1.82) is 5.26 Å². The maximum absolute atomic E-state index is 11.9. The Kier molecular flexibility index (Phi) is 4.55. The number of nitrogens with one attached hydrogen (secondary N) is 1. The van der Waals surface area contributed by atoms with E-state index >= 15 is 0 Å². The van der Waals surface area contributed by atoms with E-state index in [0.717, 1.165) is 11.3 Å². The SMILES string of the molecule is N#Cc1ccc(C(=O)NC[C@H]2COCCN2C(=O)O)s1. The Hall–Kier alpha value is -2.11. The molecule has 8 heteroatoms. The third-order valence-corrected chi connectivity index (χ3v) is 3.90. The Bertz CT molecular complexity index is 551. The number of carboxylic acid groups (broad SMARTS) is 1. The normalized spacial score (nSPS) is 18.4. The molecule has 0 aromatic carbocycles. The van der Waals surface area contributed by atoms with E-state index in [9.17, 15) is 9.59 Å². The Morgan fingerprint density at radius 2 is 2.40 bits per heavy atom. The zero-order valence-electron chi connectivity index (χ0n) is 10.5. The van der Waals surface area contributed by atoms with E-state index in [0.29, 0.717) is 22.9 Å². The van der Waals surface area contributed by atoms with Crippen LogP contribution in [0.1, 0.15) is 14.5 Å². The highest BCUT2D eigenvalue weighted by Crippen LogP contribution is 2.15. The predicted molar refractivity (Wildman–Crippen MR) is 70.7 cm³/mol. The number of nitrogens with zero attached hydrogens (tertiary/aromatic N) is 2. The number of hydrogen-bond acceptors (Lipinski definition) is 5. The lowest BCUT2D eigenvalue weighted by atomic mass is 10.2. The van der Waals surface area contributed by atoms with Gasteiger partial charge in [-0.15, -0.1) is 11.3 Å². The summed E-state index contributed by atoms with van der Waals surface area (Å²) in [5.41, 5.74) is 0. The Labute approximate surface area is 119 Å². The molecule has 2 amide bonds. The van der Waals surface area contributed by atoms with Crippen LogP contribution in [0.2, 0.25) is 0 Å². The van der Waals surface area contributed by atoms with Gasteiger partial charge in [-0.2, -0.15) is 5.26 Å². The first-order chi connectivity index (χ1) is 9.61. The largest absolute Gasteiger partial charge is 0.465 e. The van der Waals surface area contributed by atoms with E-state index in [1.807, 2.05) is 6.07 Å². The Morgan fingerprint density at radius 3 is 3.05 bits per heavy atom. The fraction of sp³-hybridized carbons (Fsp3) is 0.417. The topological polar surface area (TPSA) is 103 Å². The zero-order valence-corrected chi connectivity index (χ0v) is 11.4. The summed E-state index contributed by atoms with van der Waals surface area (Å²) in [5.74, 6) is -0.313. The lowest BCUT2D eigenvalue weighted by Crippen LogP contribution is -2.53. The fourth-order valence-electron chi connectivity index (χ4n) is 1.89. The van der Waals surface area contributed by atoms with Crippen molar-refractivity contribution in [3.63, 3.8) is 0 Å². The van der Waals surface area contributed by atoms with Crippen molar-refractivity contribution in [3.05, 3.63) is 21.9 Å². The standard InChI is InChI=1S/C12H13N3O4S/c13-5-9-1-2-10(20-9)11(16)14-6-8-7-19-4-3-15(8)12(17)18/h1-2,8H,3-4,6-7H2,(H,14,16)(H,17,18)/t8-/m0/s1. The molecule has 2 rings (SSSR count). The first kappa shape index (κ1) is 14.3. The third kappa shape index (κ3) is 3.26. The molecule has 1 aliphatic rings. The summed E-state index contributed by atoms with van der Waals surface area (Å²) in [5, 5.41) is 20.4. The van der Waals surface area contributed by atoms with Gasteiger partial charge in [-0.3, -0.25) is 9.69 Å². The van der Waals surface area contributed by atoms with Crippen molar-refractivity contribution < 1.29 is 19.4 Å². The van der Waals surface area contributed by atoms with Gasteiger partial charge >= 0.3 is 6.09 Å². The van der Waals surface area contributed by atoms with Crippen molar-refractivity contribution in [1.82, 2.24) is 10.2 Å². The number of rotatable bonds is 3. The Morgan fingerprint density at radius 1 is 1.60 bits per heavy atom. The number of carbonyl (C=O) groups is 2. The van der Waals surface area contributed by atoms with Gasteiger partial charge in [-0.1, -0.05) is 0 Å². The molecule has 1 atom stereocenters. The highest BCUT2D eigenvalue weighted by atomic mass is 32.1. The number of amides is 2. The molecular formula is C12H13N3O4S. The molecular weight excluding hydrogens is 282 g/mol. The molecule has 1 aromatic heterocycles. The van der Waals surface area contributed by atoms with Gasteiger partial charge in [0, 0.05) is 13.1 Å². The van der Waals surface area contributed by atoms with E-state index in [1.165, 1.54) is 4.90 Å². The molecule has 0 spiro atoms. The van der Waals surface area contributed by atoms with Gasteiger partial charge in [-0.25, -0.2) is 4.79 Å². The fourth-order valence-corrected chi connectivity index (χ4v) is 2.61. The zero-order chi connectivity index (χ0) is 14.5. The quantitative estimate of drug-likeness (QED) is 0.855. The van der Waals surface area contributed by atoms with Crippen LogP contribution in [0.3, 0.4) is 0 Å². The monoisotopic (exact) mass is 295 g/mol. The molecule has 0 saturated carbocycles. The summed E-state index contributed by atoms with van der Waals surface area (Å²) in [4.78, 5) is 25.1. The van der Waals surface area contributed by atoms with E-state index in [2.05, 4.69) is 5.32 Å². The number of ether oxygens (including phenoxy) is 1. The third-order valence-electron chi connectivity index (χ3n) is 2.91. The van der Waals surface area contributed by atoms with Gasteiger partial charge in [0.05, 0.1) is 24.1 Å². The van der Waals surface area contributed by atoms with Crippen molar-refractivity contribution in [2.45, 2.75) is 6.04 Å². The second kappa shape index (κ2) is 6.36. The van der Waals surface area contributed by atoms with Gasteiger partial charge in [0.25, 0.3) is 5.91 Å². The highest BCUT2D eigenvalue weighted by molar-refractivity contribution is 7.14. The summed E-state index contributed by atoms with van der Waals surface area (Å²) in [6, 6.07) is 4.72. The molecule has 2 N–H and O–H groups in total. The summed E-state index contributed by atoms with van der Waals surface area (Å²) < 4.78 is 5.23. The van der Waals surface area contributed by atoms with Gasteiger partial charge in [-0.05, 0) is 12.1 Å². The molecule has 1 aromatic rings. The minimum atomic E-state index is -1.02. The van der Waals surface area contributed by atoms with E-state index in [-0.39, 0.29) is 25.1 Å². The lowest BCUT2D eigenvalue weighted by molar-refractivity contribution is 0.000674. The number of nitriles is 1. The molecule has 0 bridgehead atoms.